The van der Waals surface area contributed by atoms with Gasteiger partial charge in [-0.05, 0) is 113 Å². The number of hydrogen-bond acceptors (Lipinski definition) is 8. The van der Waals surface area contributed by atoms with Crippen LogP contribution in [0.5, 0.6) is 0 Å². The predicted molar refractivity (Wildman–Crippen MR) is 165 cm³/mol. The van der Waals surface area contributed by atoms with Crippen LogP contribution in [-0.4, -0.2) is 76.4 Å². The third-order valence-electron chi connectivity index (χ3n) is 15.0. The minimum absolute atomic E-state index is 0.0507. The molecule has 0 aromatic heterocycles. The molecule has 6 rings (SSSR count). The third-order valence-corrected chi connectivity index (χ3v) is 15.0. The SMILES string of the molecule is CO[C@H]1O[C@@H]([C@H](O)[C@@](C)(O)CO)C[C@H]1[C@@H]1CC[C@]23C[C@]12CC[C@@H]1[C@@]2(C)CC[C@@H](OC(=O)C=C(C)C)C(C)(C)[C@@H]2C[C@@H](O)[C@]13C. The zero-order chi connectivity index (χ0) is 32.3. The highest BCUT2D eigenvalue weighted by atomic mass is 16.7. The summed E-state index contributed by atoms with van der Waals surface area (Å²) in [5.41, 5.74) is -0.902. The first-order valence-electron chi connectivity index (χ1n) is 17.2. The van der Waals surface area contributed by atoms with Crippen molar-refractivity contribution < 1.29 is 39.4 Å². The van der Waals surface area contributed by atoms with E-state index in [0.717, 1.165) is 56.9 Å². The van der Waals surface area contributed by atoms with E-state index < -0.39 is 36.8 Å². The van der Waals surface area contributed by atoms with E-state index in [1.807, 2.05) is 13.8 Å². The summed E-state index contributed by atoms with van der Waals surface area (Å²) in [4.78, 5) is 12.7. The number of aliphatic hydroxyl groups excluding tert-OH is 3. The lowest BCUT2D eigenvalue weighted by Gasteiger charge is -2.68. The van der Waals surface area contributed by atoms with E-state index >= 15 is 0 Å². The van der Waals surface area contributed by atoms with Crippen LogP contribution >= 0.6 is 0 Å². The number of carbonyl (C=O) groups excluding carboxylic acids is 1. The Morgan fingerprint density at radius 3 is 2.41 bits per heavy atom. The van der Waals surface area contributed by atoms with Crippen LogP contribution in [0, 0.1) is 50.7 Å². The lowest BCUT2D eigenvalue weighted by Crippen LogP contribution is -2.66. The maximum Gasteiger partial charge on any atom is 0.330 e. The molecule has 6 aliphatic rings. The Balaban J connectivity index is 1.26. The fourth-order valence-corrected chi connectivity index (χ4v) is 12.9. The quantitative estimate of drug-likeness (QED) is 0.238. The van der Waals surface area contributed by atoms with Crippen LogP contribution < -0.4 is 0 Å². The first kappa shape index (κ1) is 32.9. The van der Waals surface area contributed by atoms with E-state index in [2.05, 4.69) is 27.7 Å². The first-order valence-corrected chi connectivity index (χ1v) is 17.2. The summed E-state index contributed by atoms with van der Waals surface area (Å²) < 4.78 is 18.2. The zero-order valence-corrected chi connectivity index (χ0v) is 28.3. The molecule has 8 heteroatoms. The van der Waals surface area contributed by atoms with Gasteiger partial charge < -0.3 is 34.6 Å². The van der Waals surface area contributed by atoms with E-state index in [0.29, 0.717) is 18.3 Å². The van der Waals surface area contributed by atoms with E-state index in [-0.39, 0.29) is 51.0 Å². The Morgan fingerprint density at radius 1 is 1.07 bits per heavy atom. The molecule has 0 amide bonds. The molecule has 0 aromatic rings. The van der Waals surface area contributed by atoms with Crippen LogP contribution in [0.25, 0.3) is 0 Å². The first-order chi connectivity index (χ1) is 20.4. The van der Waals surface area contributed by atoms with Crippen LogP contribution in [0.1, 0.15) is 106 Å². The number of aliphatic hydroxyl groups is 4. The van der Waals surface area contributed by atoms with Crippen molar-refractivity contribution in [3.63, 3.8) is 0 Å². The summed E-state index contributed by atoms with van der Waals surface area (Å²) in [6.07, 6.45) is 7.35. The second kappa shape index (κ2) is 10.5. The summed E-state index contributed by atoms with van der Waals surface area (Å²) in [6.45, 7) is 14.1. The molecule has 1 heterocycles. The van der Waals surface area contributed by atoms with Gasteiger partial charge in [-0.3, -0.25) is 0 Å². The van der Waals surface area contributed by atoms with Crippen molar-refractivity contribution in [1.29, 1.82) is 0 Å². The van der Waals surface area contributed by atoms with Gasteiger partial charge in [-0.25, -0.2) is 4.79 Å². The molecule has 14 atom stereocenters. The minimum Gasteiger partial charge on any atom is -0.459 e. The fourth-order valence-electron chi connectivity index (χ4n) is 12.9. The van der Waals surface area contributed by atoms with Crippen molar-refractivity contribution in [2.24, 2.45) is 50.7 Å². The Kier molecular flexibility index (Phi) is 7.84. The van der Waals surface area contributed by atoms with Gasteiger partial charge in [-0.1, -0.05) is 33.3 Å². The standard InChI is InChI=1S/C36H58O8/c1-20(2)15-28(39)44-27-11-12-32(5)24-10-13-35-18-36(35,34(24,7)26(38)17-25(32)31(27,3)4)14-9-22(35)21-16-23(43-30(21)42-8)29(40)33(6,41)19-37/h15,21-27,29-30,37-38,40-41H,9-14,16-19H2,1-8H3/t21-,22-,23+,24+,25-,26+,27+,29-,30-,32+,33-,34-,35+,36+/m0/s1. The highest BCUT2D eigenvalue weighted by Crippen LogP contribution is 2.91. The van der Waals surface area contributed by atoms with Crippen molar-refractivity contribution in [3.8, 4) is 0 Å². The zero-order valence-electron chi connectivity index (χ0n) is 28.3. The van der Waals surface area contributed by atoms with Crippen LogP contribution in [0.15, 0.2) is 11.6 Å². The van der Waals surface area contributed by atoms with Gasteiger partial charge in [0.2, 0.25) is 0 Å². The smallest absolute Gasteiger partial charge is 0.330 e. The number of esters is 1. The molecule has 1 saturated heterocycles. The maximum atomic E-state index is 12.7. The molecule has 44 heavy (non-hydrogen) atoms. The molecule has 0 spiro atoms. The van der Waals surface area contributed by atoms with E-state index in [9.17, 15) is 25.2 Å². The number of carbonyl (C=O) groups is 1. The Morgan fingerprint density at radius 2 is 1.77 bits per heavy atom. The molecule has 250 valence electrons. The van der Waals surface area contributed by atoms with Crippen molar-refractivity contribution in [3.05, 3.63) is 11.6 Å². The van der Waals surface area contributed by atoms with E-state index in [1.54, 1.807) is 13.2 Å². The van der Waals surface area contributed by atoms with E-state index in [1.165, 1.54) is 6.92 Å². The predicted octanol–water partition coefficient (Wildman–Crippen LogP) is 4.76. The fraction of sp³-hybridized carbons (Fsp3) is 0.917. The molecule has 0 aromatic carbocycles. The van der Waals surface area contributed by atoms with Gasteiger partial charge in [0.15, 0.2) is 6.29 Å². The number of allylic oxidation sites excluding steroid dienone is 1. The van der Waals surface area contributed by atoms with Crippen molar-refractivity contribution in [2.45, 2.75) is 143 Å². The van der Waals surface area contributed by atoms with Gasteiger partial charge in [-0.15, -0.1) is 0 Å². The van der Waals surface area contributed by atoms with Gasteiger partial charge in [0.1, 0.15) is 17.8 Å². The summed E-state index contributed by atoms with van der Waals surface area (Å²) in [7, 11) is 1.66. The molecule has 0 radical (unpaired) electrons. The van der Waals surface area contributed by atoms with Gasteiger partial charge in [0.05, 0.1) is 18.8 Å². The number of hydrogen-bond donors (Lipinski definition) is 4. The largest absolute Gasteiger partial charge is 0.459 e. The van der Waals surface area contributed by atoms with Crippen LogP contribution in [0.3, 0.4) is 0 Å². The monoisotopic (exact) mass is 618 g/mol. The van der Waals surface area contributed by atoms with Crippen molar-refractivity contribution in [2.75, 3.05) is 13.7 Å². The summed E-state index contributed by atoms with van der Waals surface area (Å²) in [5.74, 6) is 0.834. The lowest BCUT2D eigenvalue weighted by atomic mass is 9.37. The van der Waals surface area contributed by atoms with Gasteiger partial charge in [-0.2, -0.15) is 0 Å². The van der Waals surface area contributed by atoms with Crippen molar-refractivity contribution >= 4 is 5.97 Å². The molecule has 5 saturated carbocycles. The second-order valence-corrected chi connectivity index (χ2v) is 17.4. The second-order valence-electron chi connectivity index (χ2n) is 17.4. The molecular formula is C36H58O8. The molecule has 0 bridgehead atoms. The van der Waals surface area contributed by atoms with Crippen molar-refractivity contribution in [1.82, 2.24) is 0 Å². The number of ether oxygens (including phenoxy) is 3. The Labute approximate surface area is 263 Å². The van der Waals surface area contributed by atoms with Crippen LogP contribution in [0.2, 0.25) is 0 Å². The minimum atomic E-state index is -1.64. The maximum absolute atomic E-state index is 12.7. The molecule has 0 unspecified atom stereocenters. The highest BCUT2D eigenvalue weighted by Gasteiger charge is 2.86. The summed E-state index contributed by atoms with van der Waals surface area (Å²) >= 11 is 0. The van der Waals surface area contributed by atoms with Gasteiger partial charge in [0, 0.05) is 29.9 Å². The molecule has 1 aliphatic heterocycles. The summed E-state index contributed by atoms with van der Waals surface area (Å²) in [5, 5.41) is 43.5. The molecule has 5 aliphatic carbocycles. The third kappa shape index (κ3) is 4.26. The normalized spacial score (nSPS) is 50.7. The summed E-state index contributed by atoms with van der Waals surface area (Å²) in [6, 6.07) is 0. The van der Waals surface area contributed by atoms with Gasteiger partial charge in [0.25, 0.3) is 0 Å². The van der Waals surface area contributed by atoms with Crippen LogP contribution in [-0.2, 0) is 19.0 Å². The molecule has 8 nitrogen and oxygen atoms in total. The Bertz CT molecular complexity index is 1180. The number of fused-ring (bicyclic) bond motifs is 3. The average molecular weight is 619 g/mol. The average Bonchev–Trinajstić information content (AvgIpc) is 3.27. The Hall–Kier alpha value is -1.03. The molecule has 4 N–H and O–H groups in total. The lowest BCUT2D eigenvalue weighted by molar-refractivity contribution is -0.245. The molecule has 6 fully saturated rings. The highest BCUT2D eigenvalue weighted by molar-refractivity contribution is 5.82. The number of methoxy groups -OCH3 is 1. The van der Waals surface area contributed by atoms with Crippen LogP contribution in [0.4, 0.5) is 0 Å². The number of rotatable bonds is 7. The molecular weight excluding hydrogens is 560 g/mol. The van der Waals surface area contributed by atoms with E-state index in [4.69, 9.17) is 14.2 Å². The van der Waals surface area contributed by atoms with Gasteiger partial charge >= 0.3 is 5.97 Å². The topological polar surface area (TPSA) is 126 Å².